The molecule has 1 aromatic heterocycles. The van der Waals surface area contributed by atoms with Gasteiger partial charge in [-0.3, -0.25) is 9.69 Å². The third kappa shape index (κ3) is 4.24. The minimum Gasteiger partial charge on any atom is -0.497 e. The number of carbonyl (C=O) groups is 1. The van der Waals surface area contributed by atoms with Crippen molar-refractivity contribution < 1.29 is 9.53 Å². The first-order chi connectivity index (χ1) is 12.5. The molecule has 1 aliphatic rings. The Balaban J connectivity index is 1.78. The van der Waals surface area contributed by atoms with Crippen LogP contribution in [0.25, 0.3) is 0 Å². The Bertz CT molecular complexity index is 757. The fraction of sp³-hybridized carbons (Fsp3) is 0.500. The summed E-state index contributed by atoms with van der Waals surface area (Å²) in [6.07, 6.45) is 0.963. The summed E-state index contributed by atoms with van der Waals surface area (Å²) in [5.74, 6) is 1.16. The van der Waals surface area contributed by atoms with Crippen molar-refractivity contribution in [2.24, 2.45) is 0 Å². The van der Waals surface area contributed by atoms with Gasteiger partial charge in [0.2, 0.25) is 5.91 Å². The van der Waals surface area contributed by atoms with Crippen LogP contribution in [0.1, 0.15) is 40.9 Å². The van der Waals surface area contributed by atoms with Crippen LogP contribution in [0.15, 0.2) is 24.3 Å². The number of aryl methyl sites for hydroxylation is 2. The number of nitrogens with zero attached hydrogens (tertiary/aromatic N) is 2. The van der Waals surface area contributed by atoms with Gasteiger partial charge in [-0.2, -0.15) is 0 Å². The number of thiazole rings is 1. The second-order valence-corrected chi connectivity index (χ2v) is 8.12. The van der Waals surface area contributed by atoms with E-state index in [1.807, 2.05) is 12.1 Å². The SMILES string of the molecule is CCc1nc(C)sc1CN1C[C@@H](NC(C)=O)[C@H](c2ccc(OC)cc2)C1. The molecule has 26 heavy (non-hydrogen) atoms. The average Bonchev–Trinajstić information content (AvgIpc) is 3.17. The molecule has 3 rings (SSSR count). The Morgan fingerprint density at radius 2 is 2.08 bits per heavy atom. The van der Waals surface area contributed by atoms with Crippen molar-refractivity contribution in [2.45, 2.75) is 45.7 Å². The van der Waals surface area contributed by atoms with Crippen LogP contribution in [0, 0.1) is 6.92 Å². The summed E-state index contributed by atoms with van der Waals surface area (Å²) >= 11 is 1.79. The van der Waals surface area contributed by atoms with Gasteiger partial charge < -0.3 is 10.1 Å². The Morgan fingerprint density at radius 3 is 2.69 bits per heavy atom. The number of benzene rings is 1. The lowest BCUT2D eigenvalue weighted by molar-refractivity contribution is -0.119. The largest absolute Gasteiger partial charge is 0.497 e. The molecule has 2 aromatic rings. The van der Waals surface area contributed by atoms with E-state index in [0.717, 1.165) is 36.8 Å². The molecule has 0 unspecified atom stereocenters. The number of nitrogens with one attached hydrogen (secondary N) is 1. The van der Waals surface area contributed by atoms with Crippen molar-refractivity contribution in [3.05, 3.63) is 45.4 Å². The normalized spacial score (nSPS) is 20.3. The van der Waals surface area contributed by atoms with Gasteiger partial charge in [0.15, 0.2) is 0 Å². The monoisotopic (exact) mass is 373 g/mol. The highest BCUT2D eigenvalue weighted by Gasteiger charge is 2.34. The van der Waals surface area contributed by atoms with Crippen LogP contribution in [0.2, 0.25) is 0 Å². The summed E-state index contributed by atoms with van der Waals surface area (Å²) in [7, 11) is 1.68. The van der Waals surface area contributed by atoms with Crippen LogP contribution in [-0.2, 0) is 17.8 Å². The first-order valence-corrected chi connectivity index (χ1v) is 9.90. The lowest BCUT2D eigenvalue weighted by atomic mass is 9.94. The number of aromatic nitrogens is 1. The van der Waals surface area contributed by atoms with E-state index in [2.05, 4.69) is 41.2 Å². The van der Waals surface area contributed by atoms with Crippen molar-refractivity contribution in [1.29, 1.82) is 0 Å². The third-order valence-electron chi connectivity index (χ3n) is 4.92. The lowest BCUT2D eigenvalue weighted by Crippen LogP contribution is -2.38. The fourth-order valence-corrected chi connectivity index (χ4v) is 4.79. The van der Waals surface area contributed by atoms with Gasteiger partial charge in [-0.1, -0.05) is 19.1 Å². The van der Waals surface area contributed by atoms with E-state index in [4.69, 9.17) is 4.74 Å². The van der Waals surface area contributed by atoms with E-state index < -0.39 is 0 Å². The van der Waals surface area contributed by atoms with Gasteiger partial charge in [-0.05, 0) is 31.0 Å². The highest BCUT2D eigenvalue weighted by molar-refractivity contribution is 7.11. The van der Waals surface area contributed by atoms with E-state index in [-0.39, 0.29) is 17.9 Å². The number of ether oxygens (including phenoxy) is 1. The van der Waals surface area contributed by atoms with E-state index in [1.165, 1.54) is 16.1 Å². The van der Waals surface area contributed by atoms with Gasteiger partial charge in [0.05, 0.1) is 17.8 Å². The van der Waals surface area contributed by atoms with Crippen molar-refractivity contribution in [1.82, 2.24) is 15.2 Å². The number of methoxy groups -OCH3 is 1. The number of rotatable bonds is 6. The van der Waals surface area contributed by atoms with Gasteiger partial charge in [0.25, 0.3) is 0 Å². The third-order valence-corrected chi connectivity index (χ3v) is 5.91. The molecule has 0 saturated carbocycles. The average molecular weight is 374 g/mol. The fourth-order valence-electron chi connectivity index (χ4n) is 3.73. The van der Waals surface area contributed by atoms with Crippen molar-refractivity contribution in [3.63, 3.8) is 0 Å². The summed E-state index contributed by atoms with van der Waals surface area (Å²) in [5, 5.41) is 4.27. The van der Waals surface area contributed by atoms with E-state index in [0.29, 0.717) is 0 Å². The summed E-state index contributed by atoms with van der Waals surface area (Å²) in [6.45, 7) is 8.50. The van der Waals surface area contributed by atoms with Crippen LogP contribution in [0.3, 0.4) is 0 Å². The molecule has 1 aromatic carbocycles. The van der Waals surface area contributed by atoms with Crippen LogP contribution in [-0.4, -0.2) is 42.0 Å². The van der Waals surface area contributed by atoms with E-state index in [1.54, 1.807) is 25.4 Å². The molecular formula is C20H27N3O2S. The summed E-state index contributed by atoms with van der Waals surface area (Å²) < 4.78 is 5.27. The molecule has 2 atom stereocenters. The van der Waals surface area contributed by atoms with Crippen LogP contribution >= 0.6 is 11.3 Å². The van der Waals surface area contributed by atoms with Crippen molar-refractivity contribution in [2.75, 3.05) is 20.2 Å². The smallest absolute Gasteiger partial charge is 0.217 e. The number of hydrogen-bond acceptors (Lipinski definition) is 5. The standard InChI is InChI=1S/C20H27N3O2S/c1-5-18-20(26-14(3)22-18)12-23-10-17(19(11-23)21-13(2)24)15-6-8-16(25-4)9-7-15/h6-9,17,19H,5,10-12H2,1-4H3,(H,21,24)/t17-,19+/m0/s1. The summed E-state index contributed by atoms with van der Waals surface area (Å²) in [6, 6.07) is 8.32. The van der Waals surface area contributed by atoms with Gasteiger partial charge in [-0.25, -0.2) is 4.98 Å². The topological polar surface area (TPSA) is 54.5 Å². The maximum atomic E-state index is 11.7. The van der Waals surface area contributed by atoms with E-state index in [9.17, 15) is 4.79 Å². The molecule has 140 valence electrons. The minimum atomic E-state index is 0.0262. The highest BCUT2D eigenvalue weighted by Crippen LogP contribution is 2.31. The van der Waals surface area contributed by atoms with Gasteiger partial charge >= 0.3 is 0 Å². The molecule has 6 heteroatoms. The summed E-state index contributed by atoms with van der Waals surface area (Å²) in [4.78, 5) is 20.1. The zero-order valence-electron chi connectivity index (χ0n) is 15.9. The molecule has 1 N–H and O–H groups in total. The van der Waals surface area contributed by atoms with Crippen molar-refractivity contribution in [3.8, 4) is 5.75 Å². The lowest BCUT2D eigenvalue weighted by Gasteiger charge is -2.19. The first-order valence-electron chi connectivity index (χ1n) is 9.08. The quantitative estimate of drug-likeness (QED) is 0.845. The molecule has 2 heterocycles. The van der Waals surface area contributed by atoms with Gasteiger partial charge in [0, 0.05) is 43.4 Å². The maximum absolute atomic E-state index is 11.7. The Hall–Kier alpha value is -1.92. The predicted octanol–water partition coefficient (Wildman–Crippen LogP) is 3.13. The molecule has 0 aliphatic carbocycles. The Kier molecular flexibility index (Phi) is 5.94. The molecule has 1 fully saturated rings. The number of carbonyl (C=O) groups excluding carboxylic acids is 1. The zero-order chi connectivity index (χ0) is 18.7. The Morgan fingerprint density at radius 1 is 1.35 bits per heavy atom. The van der Waals surface area contributed by atoms with Crippen molar-refractivity contribution >= 4 is 17.2 Å². The van der Waals surface area contributed by atoms with Gasteiger partial charge in [0.1, 0.15) is 5.75 Å². The second-order valence-electron chi connectivity index (χ2n) is 6.84. The molecule has 5 nitrogen and oxygen atoms in total. The van der Waals surface area contributed by atoms with Gasteiger partial charge in [-0.15, -0.1) is 11.3 Å². The highest BCUT2D eigenvalue weighted by atomic mass is 32.1. The molecule has 0 spiro atoms. The second kappa shape index (κ2) is 8.18. The molecular weight excluding hydrogens is 346 g/mol. The number of likely N-dealkylation sites (tertiary alicyclic amines) is 1. The van der Waals surface area contributed by atoms with Crippen LogP contribution in [0.4, 0.5) is 0 Å². The van der Waals surface area contributed by atoms with Crippen LogP contribution < -0.4 is 10.1 Å². The molecule has 0 bridgehead atoms. The first kappa shape index (κ1) is 18.9. The van der Waals surface area contributed by atoms with E-state index >= 15 is 0 Å². The maximum Gasteiger partial charge on any atom is 0.217 e. The number of amides is 1. The van der Waals surface area contributed by atoms with Crippen LogP contribution in [0.5, 0.6) is 5.75 Å². The molecule has 1 saturated heterocycles. The summed E-state index contributed by atoms with van der Waals surface area (Å²) in [5.41, 5.74) is 2.44. The minimum absolute atomic E-state index is 0.0262. The Labute approximate surface area is 159 Å². The number of hydrogen-bond donors (Lipinski definition) is 1. The molecule has 1 amide bonds. The molecule has 0 radical (unpaired) electrons. The zero-order valence-corrected chi connectivity index (χ0v) is 16.7. The molecule has 1 aliphatic heterocycles. The predicted molar refractivity (Wildman–Crippen MR) is 105 cm³/mol.